The van der Waals surface area contributed by atoms with E-state index in [1.807, 2.05) is 14.0 Å². The Morgan fingerprint density at radius 3 is 2.75 bits per heavy atom. The van der Waals surface area contributed by atoms with E-state index in [1.165, 1.54) is 0 Å². The van der Waals surface area contributed by atoms with Gasteiger partial charge in [0.05, 0.1) is 12.1 Å². The van der Waals surface area contributed by atoms with Crippen LogP contribution in [0.25, 0.3) is 0 Å². The number of nitrogens with two attached hydrogens (primary N) is 1. The molecule has 0 spiro atoms. The Hall–Kier alpha value is -0.160. The first kappa shape index (κ1) is 9.92. The van der Waals surface area contributed by atoms with E-state index in [2.05, 4.69) is 5.32 Å². The van der Waals surface area contributed by atoms with Crippen molar-refractivity contribution in [3.63, 3.8) is 0 Å². The maximum absolute atomic E-state index is 9.32. The SMILES string of the molecule is CN[C@H](C)[C@@H]1CC[C@@H](N)[C@@H](O)O1. The van der Waals surface area contributed by atoms with Crippen LogP contribution >= 0.6 is 0 Å². The smallest absolute Gasteiger partial charge is 0.170 e. The standard InChI is InChI=1S/C8H18N2O2/c1-5(10-2)7-4-3-6(9)8(11)12-7/h5-8,10-11H,3-4,9H2,1-2H3/t5-,6-,7+,8+/m1/s1. The lowest BCUT2D eigenvalue weighted by molar-refractivity contribution is -0.178. The number of nitrogens with one attached hydrogen (secondary N) is 1. The number of ether oxygens (including phenoxy) is 1. The zero-order valence-corrected chi connectivity index (χ0v) is 7.66. The molecule has 0 aromatic heterocycles. The van der Waals surface area contributed by atoms with Crippen molar-refractivity contribution < 1.29 is 9.84 Å². The third-order valence-electron chi connectivity index (χ3n) is 2.48. The molecule has 1 aliphatic rings. The third kappa shape index (κ3) is 2.17. The summed E-state index contributed by atoms with van der Waals surface area (Å²) < 4.78 is 5.32. The van der Waals surface area contributed by atoms with Crippen molar-refractivity contribution in [2.45, 2.75) is 44.2 Å². The zero-order valence-electron chi connectivity index (χ0n) is 7.66. The molecule has 0 saturated carbocycles. The van der Waals surface area contributed by atoms with Crippen LogP contribution in [0.15, 0.2) is 0 Å². The number of rotatable bonds is 2. The first-order valence-corrected chi connectivity index (χ1v) is 4.41. The second-order valence-corrected chi connectivity index (χ2v) is 3.38. The summed E-state index contributed by atoms with van der Waals surface area (Å²) in [7, 11) is 1.88. The topological polar surface area (TPSA) is 67.5 Å². The van der Waals surface area contributed by atoms with Crippen LogP contribution in [-0.2, 0) is 4.74 Å². The molecular weight excluding hydrogens is 156 g/mol. The second-order valence-electron chi connectivity index (χ2n) is 3.38. The average Bonchev–Trinajstić information content (AvgIpc) is 2.08. The Morgan fingerprint density at radius 1 is 1.58 bits per heavy atom. The lowest BCUT2D eigenvalue weighted by Crippen LogP contribution is -2.49. The van der Waals surface area contributed by atoms with Gasteiger partial charge in [0.1, 0.15) is 0 Å². The molecule has 0 unspecified atom stereocenters. The molecule has 0 amide bonds. The van der Waals surface area contributed by atoms with Crippen LogP contribution in [0, 0.1) is 0 Å². The van der Waals surface area contributed by atoms with Gasteiger partial charge in [0.2, 0.25) is 0 Å². The molecule has 1 saturated heterocycles. The molecule has 12 heavy (non-hydrogen) atoms. The van der Waals surface area contributed by atoms with E-state index in [0.717, 1.165) is 12.8 Å². The molecule has 4 N–H and O–H groups in total. The minimum atomic E-state index is -0.792. The number of hydrogen-bond donors (Lipinski definition) is 3. The summed E-state index contributed by atoms with van der Waals surface area (Å²) in [5.74, 6) is 0. The van der Waals surface area contributed by atoms with E-state index in [-0.39, 0.29) is 18.2 Å². The molecule has 0 bridgehead atoms. The Morgan fingerprint density at radius 2 is 2.25 bits per heavy atom. The Bertz CT molecular complexity index is 143. The van der Waals surface area contributed by atoms with Crippen molar-refractivity contribution in [2.24, 2.45) is 5.73 Å². The Kier molecular flexibility index (Phi) is 3.46. The quantitative estimate of drug-likeness (QED) is 0.524. The number of aliphatic hydroxyl groups is 1. The summed E-state index contributed by atoms with van der Waals surface area (Å²) in [5, 5.41) is 12.4. The summed E-state index contributed by atoms with van der Waals surface area (Å²) in [6.07, 6.45) is 1.04. The lowest BCUT2D eigenvalue weighted by atomic mass is 10.00. The van der Waals surface area contributed by atoms with Gasteiger partial charge in [-0.1, -0.05) is 0 Å². The predicted molar refractivity (Wildman–Crippen MR) is 46.6 cm³/mol. The maximum atomic E-state index is 9.32. The summed E-state index contributed by atoms with van der Waals surface area (Å²) in [6, 6.07) is 0.0532. The van der Waals surface area contributed by atoms with Crippen LogP contribution in [0.3, 0.4) is 0 Å². The molecule has 1 heterocycles. The molecule has 4 heteroatoms. The van der Waals surface area contributed by atoms with Gasteiger partial charge in [0, 0.05) is 6.04 Å². The molecule has 1 rings (SSSR count). The van der Waals surface area contributed by atoms with Gasteiger partial charge in [-0.05, 0) is 26.8 Å². The summed E-state index contributed by atoms with van der Waals surface area (Å²) >= 11 is 0. The van der Waals surface area contributed by atoms with Crippen LogP contribution in [0.2, 0.25) is 0 Å². The molecule has 1 fully saturated rings. The highest BCUT2D eigenvalue weighted by Crippen LogP contribution is 2.18. The van der Waals surface area contributed by atoms with Gasteiger partial charge in [-0.15, -0.1) is 0 Å². The van der Waals surface area contributed by atoms with E-state index in [1.54, 1.807) is 0 Å². The second kappa shape index (κ2) is 4.18. The fourth-order valence-electron chi connectivity index (χ4n) is 1.40. The van der Waals surface area contributed by atoms with Crippen LogP contribution < -0.4 is 11.1 Å². The van der Waals surface area contributed by atoms with Crippen molar-refractivity contribution in [3.05, 3.63) is 0 Å². The number of aliphatic hydroxyl groups excluding tert-OH is 1. The van der Waals surface area contributed by atoms with Gasteiger partial charge in [-0.3, -0.25) is 0 Å². The molecule has 0 aromatic carbocycles. The highest BCUT2D eigenvalue weighted by atomic mass is 16.6. The van der Waals surface area contributed by atoms with Crippen molar-refractivity contribution >= 4 is 0 Å². The summed E-state index contributed by atoms with van der Waals surface area (Å²) in [5.41, 5.74) is 5.59. The van der Waals surface area contributed by atoms with Crippen LogP contribution in [-0.4, -0.2) is 36.6 Å². The van der Waals surface area contributed by atoms with Crippen molar-refractivity contribution in [1.29, 1.82) is 0 Å². The Balaban J connectivity index is 2.39. The van der Waals surface area contributed by atoms with Gasteiger partial charge in [-0.25, -0.2) is 0 Å². The minimum Gasteiger partial charge on any atom is -0.367 e. The van der Waals surface area contributed by atoms with Gasteiger partial charge in [0.25, 0.3) is 0 Å². The van der Waals surface area contributed by atoms with E-state index in [9.17, 15) is 5.11 Å². The van der Waals surface area contributed by atoms with Gasteiger partial charge >= 0.3 is 0 Å². The van der Waals surface area contributed by atoms with Crippen LogP contribution in [0.4, 0.5) is 0 Å². The fourth-order valence-corrected chi connectivity index (χ4v) is 1.40. The maximum Gasteiger partial charge on any atom is 0.170 e. The predicted octanol–water partition coefficient (Wildman–Crippen LogP) is -0.581. The van der Waals surface area contributed by atoms with E-state index in [0.29, 0.717) is 0 Å². The highest BCUT2D eigenvalue weighted by Gasteiger charge is 2.29. The highest BCUT2D eigenvalue weighted by molar-refractivity contribution is 4.80. The molecule has 1 aliphatic heterocycles. The number of hydrogen-bond acceptors (Lipinski definition) is 4. The van der Waals surface area contributed by atoms with Gasteiger partial charge < -0.3 is 20.9 Å². The monoisotopic (exact) mass is 174 g/mol. The number of likely N-dealkylation sites (N-methyl/N-ethyl adjacent to an activating group) is 1. The third-order valence-corrected chi connectivity index (χ3v) is 2.48. The summed E-state index contributed by atoms with van der Waals surface area (Å²) in [6.45, 7) is 2.04. The molecular formula is C8H18N2O2. The molecule has 72 valence electrons. The minimum absolute atomic E-state index is 0.0878. The molecule has 0 radical (unpaired) electrons. The van der Waals surface area contributed by atoms with E-state index < -0.39 is 6.29 Å². The average molecular weight is 174 g/mol. The fraction of sp³-hybridized carbons (Fsp3) is 1.00. The van der Waals surface area contributed by atoms with Crippen LogP contribution in [0.5, 0.6) is 0 Å². The van der Waals surface area contributed by atoms with Gasteiger partial charge in [-0.2, -0.15) is 0 Å². The largest absolute Gasteiger partial charge is 0.367 e. The van der Waals surface area contributed by atoms with Crippen molar-refractivity contribution in [2.75, 3.05) is 7.05 Å². The van der Waals surface area contributed by atoms with Crippen molar-refractivity contribution in [3.8, 4) is 0 Å². The van der Waals surface area contributed by atoms with Gasteiger partial charge in [0.15, 0.2) is 6.29 Å². The normalized spacial score (nSPS) is 39.5. The zero-order chi connectivity index (χ0) is 9.14. The lowest BCUT2D eigenvalue weighted by Gasteiger charge is -2.34. The van der Waals surface area contributed by atoms with Crippen molar-refractivity contribution in [1.82, 2.24) is 5.32 Å². The summed E-state index contributed by atoms with van der Waals surface area (Å²) in [4.78, 5) is 0. The molecule has 0 aliphatic carbocycles. The molecule has 4 atom stereocenters. The van der Waals surface area contributed by atoms with E-state index >= 15 is 0 Å². The van der Waals surface area contributed by atoms with E-state index in [4.69, 9.17) is 10.5 Å². The Labute approximate surface area is 73.1 Å². The first-order chi connectivity index (χ1) is 5.65. The molecule has 0 aromatic rings. The molecule has 4 nitrogen and oxygen atoms in total. The first-order valence-electron chi connectivity index (χ1n) is 4.41. The van der Waals surface area contributed by atoms with Crippen LogP contribution in [0.1, 0.15) is 19.8 Å².